The molecule has 0 amide bonds. The van der Waals surface area contributed by atoms with Gasteiger partial charge in [0.25, 0.3) is 6.71 Å². The fraction of sp³-hybridized carbons (Fsp3) is 0.0127. The maximum atomic E-state index is 17.2. The Balaban J connectivity index is 1.02. The standard InChI is InChI=1S/C79H44B2F11N5S/c82-56-29-15-30-57(83)75(56)93(46-21-6-2-7-22-46)48-39-67-72-68(40-48)97(74-50(45-19-4-1-5-20-45)25-14-26-51(74)79(90,91)92)66-44-70-55(43-54(66)80(72)52-27-10-12-37-64(52)95(67)77-60(86)33-17-34-61(77)87)81-53-28-11-13-38-65(53)96(78-62(88)35-18-36-63(78)89)69-41-49(42-71(98-70)73(69)81)94(47-23-8-3-9-24-47)76-58(84)31-16-32-59(76)85/h1-44H. The normalized spacial score (nSPS) is 13.1. The molecule has 0 unspecified atom stereocenters. The Hall–Kier alpha value is -11.4. The lowest BCUT2D eigenvalue weighted by atomic mass is 9.31. The van der Waals surface area contributed by atoms with Gasteiger partial charge in [-0.3, -0.25) is 0 Å². The first-order valence-corrected chi connectivity index (χ1v) is 32.0. The van der Waals surface area contributed by atoms with Crippen LogP contribution < -0.4 is 57.3 Å². The molecule has 17 rings (SSSR count). The van der Waals surface area contributed by atoms with E-state index in [1.54, 1.807) is 164 Å². The molecule has 0 bridgehead atoms. The first-order valence-electron chi connectivity index (χ1n) is 31.1. The molecule has 13 aromatic carbocycles. The Labute approximate surface area is 559 Å². The summed E-state index contributed by atoms with van der Waals surface area (Å²) in [7, 11) is 0. The van der Waals surface area contributed by atoms with Crippen LogP contribution in [0.4, 0.5) is 134 Å². The second-order valence-electron chi connectivity index (χ2n) is 24.0. The van der Waals surface area contributed by atoms with E-state index in [9.17, 15) is 0 Å². The van der Waals surface area contributed by atoms with Gasteiger partial charge >= 0.3 is 6.18 Å². The van der Waals surface area contributed by atoms with Crippen molar-refractivity contribution in [3.8, 4) is 11.1 Å². The van der Waals surface area contributed by atoms with E-state index >= 15 is 48.3 Å². The molecule has 4 aliphatic heterocycles. The van der Waals surface area contributed by atoms with Crippen LogP contribution in [0.5, 0.6) is 0 Å². The first kappa shape index (κ1) is 60.3. The summed E-state index contributed by atoms with van der Waals surface area (Å²) < 4.78 is 186. The number of fused-ring (bicyclic) bond motifs is 8. The minimum absolute atomic E-state index is 0.0273. The van der Waals surface area contributed by atoms with Gasteiger partial charge in [0.1, 0.15) is 69.3 Å². The van der Waals surface area contributed by atoms with Crippen LogP contribution in [0.2, 0.25) is 0 Å². The second-order valence-corrected chi connectivity index (χ2v) is 25.1. The zero-order valence-corrected chi connectivity index (χ0v) is 51.7. The van der Waals surface area contributed by atoms with E-state index < -0.39 is 94.5 Å². The molecule has 474 valence electrons. The number of anilines is 15. The van der Waals surface area contributed by atoms with Crippen molar-refractivity contribution < 1.29 is 48.3 Å². The molecule has 0 saturated heterocycles. The summed E-state index contributed by atoms with van der Waals surface area (Å²) >= 11 is 1.18. The summed E-state index contributed by atoms with van der Waals surface area (Å²) in [6.45, 7) is -1.88. The largest absolute Gasteiger partial charge is 0.418 e. The van der Waals surface area contributed by atoms with E-state index in [2.05, 4.69) is 0 Å². The van der Waals surface area contributed by atoms with Crippen molar-refractivity contribution in [3.05, 3.63) is 319 Å². The second kappa shape index (κ2) is 23.2. The molecule has 0 fully saturated rings. The third-order valence-corrected chi connectivity index (χ3v) is 19.7. The highest BCUT2D eigenvalue weighted by Crippen LogP contribution is 2.55. The Morgan fingerprint density at radius 3 is 1.17 bits per heavy atom. The van der Waals surface area contributed by atoms with Crippen molar-refractivity contribution in [1.82, 2.24) is 0 Å². The molecule has 5 nitrogen and oxygen atoms in total. The number of halogens is 11. The van der Waals surface area contributed by atoms with Crippen molar-refractivity contribution in [3.63, 3.8) is 0 Å². The molecule has 0 atom stereocenters. The van der Waals surface area contributed by atoms with Gasteiger partial charge in [-0.15, -0.1) is 0 Å². The van der Waals surface area contributed by atoms with Gasteiger partial charge in [-0.25, -0.2) is 35.1 Å². The van der Waals surface area contributed by atoms with Gasteiger partial charge in [0.2, 0.25) is 6.71 Å². The molecule has 0 radical (unpaired) electrons. The lowest BCUT2D eigenvalue weighted by molar-refractivity contribution is -0.137. The zero-order chi connectivity index (χ0) is 67.0. The Morgan fingerprint density at radius 2 is 0.694 bits per heavy atom. The predicted molar refractivity (Wildman–Crippen MR) is 370 cm³/mol. The summed E-state index contributed by atoms with van der Waals surface area (Å²) in [5.74, 6) is -7.73. The summed E-state index contributed by atoms with van der Waals surface area (Å²) in [6, 6.07) is 66.7. The molecule has 4 heterocycles. The van der Waals surface area contributed by atoms with E-state index in [-0.39, 0.29) is 62.2 Å². The molecule has 0 spiro atoms. The molecular formula is C79H44B2F11N5S. The van der Waals surface area contributed by atoms with Gasteiger partial charge in [-0.2, -0.15) is 13.2 Å². The smallest absolute Gasteiger partial charge is 0.310 e. The monoisotopic (exact) mass is 1330 g/mol. The van der Waals surface area contributed by atoms with Gasteiger partial charge in [0, 0.05) is 66.5 Å². The molecule has 0 N–H and O–H groups in total. The fourth-order valence-electron chi connectivity index (χ4n) is 14.7. The number of benzene rings is 13. The molecule has 4 aliphatic rings. The first-order chi connectivity index (χ1) is 47.6. The van der Waals surface area contributed by atoms with Crippen LogP contribution in [0, 0.1) is 46.5 Å². The molecule has 98 heavy (non-hydrogen) atoms. The van der Waals surface area contributed by atoms with Crippen LogP contribution in [0.15, 0.2) is 277 Å². The number of rotatable bonds is 10. The lowest BCUT2D eigenvalue weighted by Gasteiger charge is -2.46. The summed E-state index contributed by atoms with van der Waals surface area (Å²) in [4.78, 5) is 7.89. The van der Waals surface area contributed by atoms with Gasteiger partial charge in [-0.05, 0) is 154 Å². The maximum absolute atomic E-state index is 17.2. The average Bonchev–Trinajstić information content (AvgIpc) is 0.694. The number of hydrogen-bond donors (Lipinski definition) is 0. The van der Waals surface area contributed by atoms with E-state index in [1.165, 1.54) is 72.7 Å². The fourth-order valence-corrected chi connectivity index (χ4v) is 15.9. The topological polar surface area (TPSA) is 16.2 Å². The maximum Gasteiger partial charge on any atom is 0.418 e. The van der Waals surface area contributed by atoms with Crippen molar-refractivity contribution >= 4 is 143 Å². The van der Waals surface area contributed by atoms with Crippen LogP contribution in [0.25, 0.3) is 11.1 Å². The predicted octanol–water partition coefficient (Wildman–Crippen LogP) is 19.3. The Morgan fingerprint density at radius 1 is 0.296 bits per heavy atom. The number of alkyl halides is 3. The summed E-state index contributed by atoms with van der Waals surface area (Å²) in [6.07, 6.45) is -5.09. The van der Waals surface area contributed by atoms with E-state index in [4.69, 9.17) is 0 Å². The number of nitrogens with zero attached hydrogens (tertiary/aromatic N) is 5. The lowest BCUT2D eigenvalue weighted by Crippen LogP contribution is -2.64. The highest BCUT2D eigenvalue weighted by atomic mass is 32.2. The van der Waals surface area contributed by atoms with E-state index in [0.717, 1.165) is 54.6 Å². The zero-order valence-electron chi connectivity index (χ0n) is 50.9. The molecule has 0 saturated carbocycles. The SMILES string of the molecule is Fc1cccc(F)c1N(c1ccccc1)c1cc2c3c(c1)N(c1c(F)cccc1F)c1ccccc1B3c1cc3c(cc1S2)N(c1c(-c2ccccc2)cccc1C(F)(F)F)c1cc(N(c2ccccc2)c2c(F)cccc2F)cc2c1B3c1ccccc1N2c1c(F)cccc1F. The third kappa shape index (κ3) is 9.41. The highest BCUT2D eigenvalue weighted by Gasteiger charge is 2.50. The van der Waals surface area contributed by atoms with Gasteiger partial charge in [-0.1, -0.05) is 163 Å². The molecule has 0 aromatic heterocycles. The van der Waals surface area contributed by atoms with Crippen molar-refractivity contribution in [2.75, 3.05) is 24.5 Å². The van der Waals surface area contributed by atoms with Crippen LogP contribution in [-0.2, 0) is 6.18 Å². The summed E-state index contributed by atoms with van der Waals surface area (Å²) in [5, 5.41) is 0. The number of para-hydroxylation sites is 9. The molecule has 0 aliphatic carbocycles. The van der Waals surface area contributed by atoms with Crippen LogP contribution in [0.3, 0.4) is 0 Å². The molecule has 19 heteroatoms. The van der Waals surface area contributed by atoms with E-state index in [1.807, 2.05) is 12.1 Å². The average molecular weight is 1330 g/mol. The molecular weight excluding hydrogens is 1280 g/mol. The molecule has 13 aromatic rings. The quantitative estimate of drug-likeness (QED) is 0.0995. The van der Waals surface area contributed by atoms with Crippen LogP contribution >= 0.6 is 11.8 Å². The van der Waals surface area contributed by atoms with Gasteiger partial charge in [0.05, 0.1) is 16.9 Å². The van der Waals surface area contributed by atoms with Crippen LogP contribution in [0.1, 0.15) is 5.56 Å². The van der Waals surface area contributed by atoms with Crippen molar-refractivity contribution in [2.45, 2.75) is 16.0 Å². The third-order valence-electron chi connectivity index (χ3n) is 18.6. The van der Waals surface area contributed by atoms with Crippen molar-refractivity contribution in [2.24, 2.45) is 0 Å². The minimum Gasteiger partial charge on any atom is -0.310 e. The highest BCUT2D eigenvalue weighted by molar-refractivity contribution is 8.00. The summed E-state index contributed by atoms with van der Waals surface area (Å²) in [5.41, 5.74) is 1.48. The minimum atomic E-state index is -5.09. The van der Waals surface area contributed by atoms with Crippen LogP contribution in [-0.4, -0.2) is 13.4 Å². The van der Waals surface area contributed by atoms with Crippen molar-refractivity contribution in [1.29, 1.82) is 0 Å². The Kier molecular flexibility index (Phi) is 14.2. The number of hydrogen-bond acceptors (Lipinski definition) is 6. The van der Waals surface area contributed by atoms with E-state index in [0.29, 0.717) is 54.0 Å². The Bertz CT molecular complexity index is 5360. The van der Waals surface area contributed by atoms with Gasteiger partial charge in [0.15, 0.2) is 0 Å². The van der Waals surface area contributed by atoms with Gasteiger partial charge < -0.3 is 24.5 Å².